The molecule has 116 valence electrons. The molecule has 0 bridgehead atoms. The molecular formula is C18H17N2O3+. The van der Waals surface area contributed by atoms with Gasteiger partial charge in [0.1, 0.15) is 12.8 Å². The minimum Gasteiger partial charge on any atom is -0.493 e. The summed E-state index contributed by atoms with van der Waals surface area (Å²) in [6, 6.07) is 16.5. The van der Waals surface area contributed by atoms with E-state index >= 15 is 0 Å². The molecule has 1 aromatic heterocycles. The van der Waals surface area contributed by atoms with E-state index in [9.17, 15) is 10.1 Å². The van der Waals surface area contributed by atoms with Crippen molar-refractivity contribution < 1.29 is 14.2 Å². The maximum absolute atomic E-state index is 11.0. The Labute approximate surface area is 133 Å². The summed E-state index contributed by atoms with van der Waals surface area (Å²) in [5.41, 5.74) is 2.82. The van der Waals surface area contributed by atoms with E-state index in [-0.39, 0.29) is 10.6 Å². The molecule has 5 heteroatoms. The van der Waals surface area contributed by atoms with Crippen molar-refractivity contribution >= 4 is 16.6 Å². The van der Waals surface area contributed by atoms with Gasteiger partial charge in [0.2, 0.25) is 11.2 Å². The average molecular weight is 309 g/mol. The van der Waals surface area contributed by atoms with Crippen LogP contribution in [0.2, 0.25) is 0 Å². The Morgan fingerprint density at radius 1 is 1.13 bits per heavy atom. The number of hydrogen-bond acceptors (Lipinski definition) is 3. The Morgan fingerprint density at radius 3 is 2.65 bits per heavy atom. The lowest BCUT2D eigenvalue weighted by Crippen LogP contribution is -2.32. The topological polar surface area (TPSA) is 56.3 Å². The van der Waals surface area contributed by atoms with Gasteiger partial charge in [-0.2, -0.15) is 4.57 Å². The first-order valence-corrected chi connectivity index (χ1v) is 7.41. The van der Waals surface area contributed by atoms with Crippen LogP contribution < -0.4 is 9.30 Å². The molecule has 23 heavy (non-hydrogen) atoms. The van der Waals surface area contributed by atoms with Crippen molar-refractivity contribution in [1.82, 2.24) is 0 Å². The Kier molecular flexibility index (Phi) is 3.93. The SMILES string of the molecule is CCOc1cccc2c1ccc(-c1cccc([N+](=O)[O-])c1)[n+]2C. The molecule has 0 fully saturated rings. The smallest absolute Gasteiger partial charge is 0.270 e. The molecule has 0 radical (unpaired) electrons. The zero-order chi connectivity index (χ0) is 16.4. The van der Waals surface area contributed by atoms with Crippen molar-refractivity contribution in [3.8, 4) is 17.0 Å². The van der Waals surface area contributed by atoms with Crippen LogP contribution in [-0.2, 0) is 7.05 Å². The number of aromatic nitrogens is 1. The van der Waals surface area contributed by atoms with E-state index in [0.29, 0.717) is 6.61 Å². The number of rotatable bonds is 4. The molecule has 0 spiro atoms. The first-order chi connectivity index (χ1) is 11.1. The molecule has 0 aliphatic rings. The first-order valence-electron chi connectivity index (χ1n) is 7.41. The van der Waals surface area contributed by atoms with Crippen LogP contribution in [0.5, 0.6) is 5.75 Å². The van der Waals surface area contributed by atoms with E-state index in [0.717, 1.165) is 27.9 Å². The van der Waals surface area contributed by atoms with Gasteiger partial charge < -0.3 is 4.74 Å². The van der Waals surface area contributed by atoms with Gasteiger partial charge in [-0.1, -0.05) is 12.1 Å². The molecule has 3 aromatic rings. The van der Waals surface area contributed by atoms with E-state index < -0.39 is 0 Å². The van der Waals surface area contributed by atoms with E-state index in [4.69, 9.17) is 4.74 Å². The van der Waals surface area contributed by atoms with Gasteiger partial charge in [0, 0.05) is 24.3 Å². The lowest BCUT2D eigenvalue weighted by Gasteiger charge is -2.08. The van der Waals surface area contributed by atoms with Gasteiger partial charge in [-0.15, -0.1) is 0 Å². The van der Waals surface area contributed by atoms with Crippen molar-refractivity contribution in [3.63, 3.8) is 0 Å². The summed E-state index contributed by atoms with van der Waals surface area (Å²) < 4.78 is 7.69. The monoisotopic (exact) mass is 309 g/mol. The van der Waals surface area contributed by atoms with Crippen LogP contribution in [-0.4, -0.2) is 11.5 Å². The van der Waals surface area contributed by atoms with Gasteiger partial charge in [0.05, 0.1) is 22.5 Å². The highest BCUT2D eigenvalue weighted by Crippen LogP contribution is 2.27. The fraction of sp³-hybridized carbons (Fsp3) is 0.167. The lowest BCUT2D eigenvalue weighted by molar-refractivity contribution is -0.633. The fourth-order valence-corrected chi connectivity index (χ4v) is 2.75. The highest BCUT2D eigenvalue weighted by Gasteiger charge is 2.18. The standard InChI is InChI=1S/C18H17N2O3/c1-3-23-18-9-5-8-17-15(18)10-11-16(19(17)2)13-6-4-7-14(12-13)20(21)22/h4-12H,3H2,1-2H3/q+1. The molecular weight excluding hydrogens is 292 g/mol. The second-order valence-corrected chi connectivity index (χ2v) is 5.21. The number of hydrogen-bond donors (Lipinski definition) is 0. The van der Waals surface area contributed by atoms with Crippen LogP contribution in [0.25, 0.3) is 22.2 Å². The number of nitro benzene ring substituents is 1. The van der Waals surface area contributed by atoms with Crippen LogP contribution in [0.3, 0.4) is 0 Å². The number of aryl methyl sites for hydroxylation is 1. The number of fused-ring (bicyclic) bond motifs is 1. The molecule has 1 heterocycles. The van der Waals surface area contributed by atoms with Crippen LogP contribution in [0, 0.1) is 10.1 Å². The fourth-order valence-electron chi connectivity index (χ4n) is 2.75. The number of benzene rings is 2. The van der Waals surface area contributed by atoms with Gasteiger partial charge in [0.15, 0.2) is 0 Å². The Bertz CT molecular complexity index is 891. The molecule has 0 aliphatic heterocycles. The van der Waals surface area contributed by atoms with Crippen LogP contribution in [0.4, 0.5) is 5.69 Å². The number of nitrogens with zero attached hydrogens (tertiary/aromatic N) is 2. The van der Waals surface area contributed by atoms with Crippen LogP contribution in [0.1, 0.15) is 6.92 Å². The van der Waals surface area contributed by atoms with E-state index in [1.165, 1.54) is 6.07 Å². The number of pyridine rings is 1. The highest BCUT2D eigenvalue weighted by atomic mass is 16.6. The molecule has 0 saturated carbocycles. The normalized spacial score (nSPS) is 10.7. The molecule has 5 nitrogen and oxygen atoms in total. The van der Waals surface area contributed by atoms with Crippen molar-refractivity contribution in [2.24, 2.45) is 7.05 Å². The summed E-state index contributed by atoms with van der Waals surface area (Å²) in [5.74, 6) is 0.839. The van der Waals surface area contributed by atoms with Crippen LogP contribution in [0.15, 0.2) is 54.6 Å². The number of ether oxygens (including phenoxy) is 1. The molecule has 0 saturated heterocycles. The predicted octanol–water partition coefficient (Wildman–Crippen LogP) is 3.64. The Morgan fingerprint density at radius 2 is 1.91 bits per heavy atom. The molecule has 0 atom stereocenters. The van der Waals surface area contributed by atoms with Gasteiger partial charge in [-0.25, -0.2) is 0 Å². The summed E-state index contributed by atoms with van der Waals surface area (Å²) >= 11 is 0. The Hall–Kier alpha value is -2.95. The van der Waals surface area contributed by atoms with Gasteiger partial charge in [-0.3, -0.25) is 10.1 Å². The summed E-state index contributed by atoms with van der Waals surface area (Å²) in [5, 5.41) is 12.0. The highest BCUT2D eigenvalue weighted by molar-refractivity contribution is 5.84. The quantitative estimate of drug-likeness (QED) is 0.420. The van der Waals surface area contributed by atoms with Crippen molar-refractivity contribution in [1.29, 1.82) is 0 Å². The predicted molar refractivity (Wildman–Crippen MR) is 88.4 cm³/mol. The first kappa shape index (κ1) is 15.0. The third kappa shape index (κ3) is 2.73. The third-order valence-corrected chi connectivity index (χ3v) is 3.83. The summed E-state index contributed by atoms with van der Waals surface area (Å²) in [6.07, 6.45) is 0. The second kappa shape index (κ2) is 6.04. The van der Waals surface area contributed by atoms with Crippen LogP contribution >= 0.6 is 0 Å². The number of non-ortho nitro benzene ring substituents is 1. The maximum atomic E-state index is 11.0. The lowest BCUT2D eigenvalue weighted by atomic mass is 10.1. The van der Waals surface area contributed by atoms with Gasteiger partial charge in [-0.05, 0) is 25.1 Å². The maximum Gasteiger partial charge on any atom is 0.270 e. The average Bonchev–Trinajstić information content (AvgIpc) is 2.56. The second-order valence-electron chi connectivity index (χ2n) is 5.21. The van der Waals surface area contributed by atoms with Crippen molar-refractivity contribution in [3.05, 3.63) is 64.7 Å². The van der Waals surface area contributed by atoms with E-state index in [2.05, 4.69) is 0 Å². The molecule has 0 aliphatic carbocycles. The van der Waals surface area contributed by atoms with Crippen molar-refractivity contribution in [2.45, 2.75) is 6.92 Å². The zero-order valence-electron chi connectivity index (χ0n) is 13.0. The minimum atomic E-state index is -0.377. The molecule has 2 aromatic carbocycles. The Balaban J connectivity index is 2.18. The number of nitro groups is 1. The summed E-state index contributed by atoms with van der Waals surface area (Å²) in [7, 11) is 1.95. The minimum absolute atomic E-state index is 0.0886. The third-order valence-electron chi connectivity index (χ3n) is 3.83. The molecule has 0 N–H and O–H groups in total. The van der Waals surface area contributed by atoms with E-state index in [1.54, 1.807) is 12.1 Å². The summed E-state index contributed by atoms with van der Waals surface area (Å²) in [6.45, 7) is 2.56. The molecule has 0 amide bonds. The summed E-state index contributed by atoms with van der Waals surface area (Å²) in [4.78, 5) is 10.6. The van der Waals surface area contributed by atoms with Crippen molar-refractivity contribution in [2.75, 3.05) is 6.61 Å². The molecule has 0 unspecified atom stereocenters. The van der Waals surface area contributed by atoms with Gasteiger partial charge >= 0.3 is 0 Å². The van der Waals surface area contributed by atoms with E-state index in [1.807, 2.05) is 54.9 Å². The largest absolute Gasteiger partial charge is 0.493 e. The van der Waals surface area contributed by atoms with Gasteiger partial charge in [0.25, 0.3) is 5.69 Å². The molecule has 3 rings (SSSR count). The zero-order valence-corrected chi connectivity index (χ0v) is 13.0.